The molecule has 1 aromatic carbocycles. The Morgan fingerprint density at radius 1 is 1.27 bits per heavy atom. The predicted molar refractivity (Wildman–Crippen MR) is 118 cm³/mol. The second-order valence-corrected chi connectivity index (χ2v) is 9.44. The number of fused-ring (bicyclic) bond motifs is 3. The predicted octanol–water partition coefficient (Wildman–Crippen LogP) is 3.56. The molecule has 1 saturated heterocycles. The number of benzene rings is 1. The maximum Gasteiger partial charge on any atom is 0.323 e. The van der Waals surface area contributed by atoms with Crippen LogP contribution in [0.4, 0.5) is 0 Å². The Morgan fingerprint density at radius 3 is 2.63 bits per heavy atom. The van der Waals surface area contributed by atoms with Gasteiger partial charge >= 0.3 is 5.97 Å². The number of piperidine rings is 1. The first-order valence-corrected chi connectivity index (χ1v) is 11.0. The molecule has 3 rings (SSSR count). The highest BCUT2D eigenvalue weighted by atomic mass is 16.5. The van der Waals surface area contributed by atoms with E-state index in [4.69, 9.17) is 24.1 Å². The summed E-state index contributed by atoms with van der Waals surface area (Å²) in [5, 5.41) is 0. The molecule has 0 aromatic heterocycles. The van der Waals surface area contributed by atoms with Crippen molar-refractivity contribution < 1.29 is 23.1 Å². The van der Waals surface area contributed by atoms with Gasteiger partial charge in [0.1, 0.15) is 12.1 Å². The van der Waals surface area contributed by atoms with Crippen LogP contribution in [0.25, 0.3) is 0 Å². The molecule has 6 nitrogen and oxygen atoms in total. The first-order chi connectivity index (χ1) is 15.4. The summed E-state index contributed by atoms with van der Waals surface area (Å²) in [6.45, 7) is 9.91. The molecule has 0 bridgehead atoms. The van der Waals surface area contributed by atoms with Crippen LogP contribution in [0.1, 0.15) is 61.8 Å². The molecule has 4 atom stereocenters. The molecule has 2 heterocycles. The number of hydrogen-bond acceptors (Lipinski definition) is 6. The molecular formula is C24H38N2O4. The highest BCUT2D eigenvalue weighted by Crippen LogP contribution is 2.44. The van der Waals surface area contributed by atoms with Gasteiger partial charge in [0.15, 0.2) is 11.5 Å². The first-order valence-electron chi connectivity index (χ1n) is 12.5. The number of ether oxygens (including phenoxy) is 3. The summed E-state index contributed by atoms with van der Waals surface area (Å²) < 4.78 is 39.0. The van der Waals surface area contributed by atoms with Crippen LogP contribution in [0.3, 0.4) is 0 Å². The molecule has 6 heteroatoms. The number of nitrogens with zero attached hydrogens (tertiary/aromatic N) is 1. The van der Waals surface area contributed by atoms with Gasteiger partial charge in [0.2, 0.25) is 0 Å². The molecule has 1 fully saturated rings. The average molecular weight is 422 g/mol. The zero-order valence-corrected chi connectivity index (χ0v) is 18.8. The Labute approximate surface area is 185 Å². The van der Waals surface area contributed by atoms with Gasteiger partial charge in [-0.3, -0.25) is 9.69 Å². The zero-order chi connectivity index (χ0) is 24.5. The maximum absolute atomic E-state index is 12.7. The summed E-state index contributed by atoms with van der Waals surface area (Å²) in [6, 6.07) is 3.09. The lowest BCUT2D eigenvalue weighted by atomic mass is 9.79. The number of carbonyl (C=O) groups is 1. The van der Waals surface area contributed by atoms with Crippen molar-refractivity contribution in [2.75, 3.05) is 27.2 Å². The highest BCUT2D eigenvalue weighted by Gasteiger charge is 2.41. The Morgan fingerprint density at radius 2 is 2.00 bits per heavy atom. The fourth-order valence-corrected chi connectivity index (χ4v) is 4.80. The van der Waals surface area contributed by atoms with Gasteiger partial charge in [-0.25, -0.2) is 0 Å². The number of hydrogen-bond donors (Lipinski definition) is 1. The Hall–Kier alpha value is -1.79. The van der Waals surface area contributed by atoms with Crippen LogP contribution in [0, 0.1) is 17.8 Å². The van der Waals surface area contributed by atoms with E-state index in [0.717, 1.165) is 37.1 Å². The van der Waals surface area contributed by atoms with Crippen molar-refractivity contribution in [3.63, 3.8) is 0 Å². The van der Waals surface area contributed by atoms with Crippen molar-refractivity contribution >= 4 is 5.97 Å². The SMILES string of the molecule is [2H]C([2H])([2H])Oc1cc2c(cc1OC)[C@H]1C[C@H](OC(=O)[C@@H](N)C(C)C)[C@H](CC(C)C)CN1CC2. The van der Waals surface area contributed by atoms with E-state index in [-0.39, 0.29) is 35.7 Å². The van der Waals surface area contributed by atoms with E-state index in [1.54, 1.807) is 6.07 Å². The number of esters is 1. The summed E-state index contributed by atoms with van der Waals surface area (Å²) in [4.78, 5) is 15.2. The largest absolute Gasteiger partial charge is 0.493 e. The van der Waals surface area contributed by atoms with Crippen LogP contribution in [-0.2, 0) is 16.0 Å². The molecule has 0 radical (unpaired) electrons. The van der Waals surface area contributed by atoms with E-state index in [2.05, 4.69) is 18.7 Å². The molecule has 0 amide bonds. The van der Waals surface area contributed by atoms with Crippen molar-refractivity contribution in [2.45, 2.75) is 65.1 Å². The van der Waals surface area contributed by atoms with E-state index in [1.165, 1.54) is 7.11 Å². The summed E-state index contributed by atoms with van der Waals surface area (Å²) >= 11 is 0. The molecule has 2 aliphatic rings. The van der Waals surface area contributed by atoms with Gasteiger partial charge in [-0.05, 0) is 47.9 Å². The van der Waals surface area contributed by atoms with E-state index in [9.17, 15) is 4.79 Å². The Balaban J connectivity index is 1.90. The molecule has 168 valence electrons. The van der Waals surface area contributed by atoms with Gasteiger partial charge < -0.3 is 19.9 Å². The molecule has 2 aliphatic heterocycles. The number of rotatable bonds is 7. The lowest BCUT2D eigenvalue weighted by Crippen LogP contribution is -2.51. The first kappa shape index (κ1) is 18.9. The molecule has 0 unspecified atom stereocenters. The molecule has 0 saturated carbocycles. The number of methoxy groups -OCH3 is 2. The fourth-order valence-electron chi connectivity index (χ4n) is 4.80. The van der Waals surface area contributed by atoms with Crippen LogP contribution in [0.15, 0.2) is 12.1 Å². The van der Waals surface area contributed by atoms with Crippen LogP contribution in [-0.4, -0.2) is 50.3 Å². The molecule has 1 aromatic rings. The average Bonchev–Trinajstić information content (AvgIpc) is 2.71. The highest BCUT2D eigenvalue weighted by molar-refractivity contribution is 5.76. The van der Waals surface area contributed by atoms with E-state index in [0.29, 0.717) is 18.1 Å². The van der Waals surface area contributed by atoms with Crippen molar-refractivity contribution in [1.82, 2.24) is 4.90 Å². The van der Waals surface area contributed by atoms with Gasteiger partial charge in [0.05, 0.1) is 18.3 Å². The normalized spacial score (nSPS) is 26.8. The summed E-state index contributed by atoms with van der Waals surface area (Å²) in [5.41, 5.74) is 8.20. The summed E-state index contributed by atoms with van der Waals surface area (Å²) in [5.74, 6) is 1.02. The third-order valence-electron chi connectivity index (χ3n) is 6.49. The second-order valence-electron chi connectivity index (χ2n) is 9.44. The van der Waals surface area contributed by atoms with Crippen LogP contribution >= 0.6 is 0 Å². The third kappa shape index (κ3) is 4.75. The van der Waals surface area contributed by atoms with Gasteiger partial charge in [0.25, 0.3) is 0 Å². The minimum atomic E-state index is -2.55. The van der Waals surface area contributed by atoms with E-state index < -0.39 is 13.1 Å². The molecule has 2 N–H and O–H groups in total. The quantitative estimate of drug-likeness (QED) is 0.679. The molecular weight excluding hydrogens is 380 g/mol. The van der Waals surface area contributed by atoms with Gasteiger partial charge in [-0.2, -0.15) is 0 Å². The summed E-state index contributed by atoms with van der Waals surface area (Å²) in [7, 11) is -1.04. The lowest BCUT2D eigenvalue weighted by molar-refractivity contribution is -0.160. The molecule has 0 spiro atoms. The van der Waals surface area contributed by atoms with E-state index >= 15 is 0 Å². The zero-order valence-electron chi connectivity index (χ0n) is 21.8. The monoisotopic (exact) mass is 421 g/mol. The Bertz CT molecular complexity index is 844. The minimum Gasteiger partial charge on any atom is -0.493 e. The second kappa shape index (κ2) is 9.56. The smallest absolute Gasteiger partial charge is 0.323 e. The topological polar surface area (TPSA) is 74.0 Å². The standard InChI is InChI=1S/C24H38N2O4/c1-14(2)9-17-13-26-8-7-16-10-21(28-5)22(29-6)11-18(16)19(26)12-20(17)30-24(27)23(25)15(3)4/h10-11,14-15,17,19-20,23H,7-9,12-13,25H2,1-6H3/t17-,19-,20+,23+/m1/s1/i5D3. The lowest BCUT2D eigenvalue weighted by Gasteiger charge is -2.47. The third-order valence-corrected chi connectivity index (χ3v) is 6.49. The Kier molecular flexibility index (Phi) is 6.04. The maximum atomic E-state index is 12.7. The number of nitrogens with two attached hydrogens (primary N) is 1. The van der Waals surface area contributed by atoms with Crippen molar-refractivity contribution in [1.29, 1.82) is 0 Å². The van der Waals surface area contributed by atoms with Crippen LogP contribution in [0.2, 0.25) is 0 Å². The number of carbonyl (C=O) groups excluding carboxylic acids is 1. The van der Waals surface area contributed by atoms with E-state index in [1.807, 2.05) is 19.9 Å². The fraction of sp³-hybridized carbons (Fsp3) is 0.708. The summed E-state index contributed by atoms with van der Waals surface area (Å²) in [6.07, 6.45) is 2.22. The van der Waals surface area contributed by atoms with Crippen LogP contribution < -0.4 is 15.2 Å². The molecule has 30 heavy (non-hydrogen) atoms. The minimum absolute atomic E-state index is 0.0115. The van der Waals surface area contributed by atoms with Gasteiger partial charge in [0, 0.05) is 31.5 Å². The molecule has 0 aliphatic carbocycles. The van der Waals surface area contributed by atoms with Crippen molar-refractivity contribution in [3.8, 4) is 11.5 Å². The van der Waals surface area contributed by atoms with Gasteiger partial charge in [-0.15, -0.1) is 0 Å². The van der Waals surface area contributed by atoms with Gasteiger partial charge in [-0.1, -0.05) is 27.7 Å². The van der Waals surface area contributed by atoms with Crippen molar-refractivity contribution in [2.24, 2.45) is 23.5 Å². The van der Waals surface area contributed by atoms with Crippen LogP contribution in [0.5, 0.6) is 11.5 Å². The van der Waals surface area contributed by atoms with Crippen molar-refractivity contribution in [3.05, 3.63) is 23.3 Å².